The number of carbonyl (C=O) groups is 1. The van der Waals surface area contributed by atoms with Gasteiger partial charge in [0, 0.05) is 26.5 Å². The molecule has 0 bridgehead atoms. The van der Waals surface area contributed by atoms with Crippen LogP contribution in [0.25, 0.3) is 33.5 Å². The van der Waals surface area contributed by atoms with Crippen LogP contribution in [0.1, 0.15) is 12.5 Å². The molecule has 0 unspecified atom stereocenters. The summed E-state index contributed by atoms with van der Waals surface area (Å²) < 4.78 is 18.1. The number of nitro benzene ring substituents is 1. The first-order valence-electron chi connectivity index (χ1n) is 11.6. The molecule has 0 N–H and O–H groups in total. The molecular formula is C27H18BrClN4O7. The zero-order valence-electron chi connectivity index (χ0n) is 20.8. The Kier molecular flexibility index (Phi) is 7.37. The highest BCUT2D eigenvalue weighted by Crippen LogP contribution is 2.35. The molecular weight excluding hydrogens is 608 g/mol. The van der Waals surface area contributed by atoms with Crippen molar-refractivity contribution in [2.24, 2.45) is 5.10 Å². The van der Waals surface area contributed by atoms with Gasteiger partial charge in [0.1, 0.15) is 5.58 Å². The van der Waals surface area contributed by atoms with E-state index in [-0.39, 0.29) is 33.3 Å². The second-order valence-corrected chi connectivity index (χ2v) is 9.84. The number of rotatable bonds is 7. The maximum atomic E-state index is 13.6. The molecule has 202 valence electrons. The highest BCUT2D eigenvalue weighted by Gasteiger charge is 2.26. The van der Waals surface area contributed by atoms with Crippen LogP contribution in [0, 0.1) is 10.1 Å². The summed E-state index contributed by atoms with van der Waals surface area (Å²) in [6.45, 7) is 1.38. The van der Waals surface area contributed by atoms with Gasteiger partial charge in [0.25, 0.3) is 5.56 Å². The smallest absolute Gasteiger partial charge is 0.346 e. The number of esters is 1. The van der Waals surface area contributed by atoms with Crippen molar-refractivity contribution in [1.29, 1.82) is 0 Å². The number of ether oxygens (including phenoxy) is 2. The van der Waals surface area contributed by atoms with E-state index in [0.717, 1.165) is 27.7 Å². The first-order chi connectivity index (χ1) is 19.2. The fourth-order valence-electron chi connectivity index (χ4n) is 3.99. The molecule has 2 aromatic heterocycles. The second-order valence-electron chi connectivity index (χ2n) is 8.49. The summed E-state index contributed by atoms with van der Waals surface area (Å²) in [4.78, 5) is 41.3. The third-order valence-electron chi connectivity index (χ3n) is 5.85. The molecule has 0 amide bonds. The Labute approximate surface area is 238 Å². The molecule has 0 fully saturated rings. The minimum atomic E-state index is -1.19. The highest BCUT2D eigenvalue weighted by molar-refractivity contribution is 9.10. The Bertz CT molecular complexity index is 1900. The van der Waals surface area contributed by atoms with Gasteiger partial charge in [-0.15, -0.1) is 0 Å². The molecule has 0 radical (unpaired) electrons. The molecule has 0 saturated carbocycles. The van der Waals surface area contributed by atoms with Gasteiger partial charge < -0.3 is 13.9 Å². The second kappa shape index (κ2) is 10.9. The number of nitro groups is 1. The Morgan fingerprint density at radius 2 is 2.00 bits per heavy atom. The van der Waals surface area contributed by atoms with Gasteiger partial charge in [-0.05, 0) is 49.4 Å². The molecule has 2 heterocycles. The van der Waals surface area contributed by atoms with Crippen molar-refractivity contribution >= 4 is 67.3 Å². The zero-order chi connectivity index (χ0) is 28.6. The lowest BCUT2D eigenvalue weighted by molar-refractivity contribution is -0.386. The van der Waals surface area contributed by atoms with Crippen molar-refractivity contribution < 1.29 is 23.6 Å². The summed E-state index contributed by atoms with van der Waals surface area (Å²) in [6, 6.07) is 16.3. The van der Waals surface area contributed by atoms with Crippen LogP contribution in [0.2, 0.25) is 5.02 Å². The summed E-state index contributed by atoms with van der Waals surface area (Å²) >= 11 is 9.59. The predicted octanol–water partition coefficient (Wildman–Crippen LogP) is 5.96. The number of nitrogens with zero attached hydrogens (tertiary/aromatic N) is 4. The first-order valence-corrected chi connectivity index (χ1v) is 12.8. The third kappa shape index (κ3) is 5.18. The molecule has 0 aliphatic heterocycles. The highest BCUT2D eigenvalue weighted by atomic mass is 79.9. The predicted molar refractivity (Wildman–Crippen MR) is 152 cm³/mol. The number of methoxy groups -OCH3 is 1. The van der Waals surface area contributed by atoms with Crippen molar-refractivity contribution in [3.05, 3.63) is 96.2 Å². The molecule has 0 aliphatic carbocycles. The summed E-state index contributed by atoms with van der Waals surface area (Å²) in [6.07, 6.45) is -0.0220. The number of furan rings is 1. The molecule has 3 aromatic carbocycles. The fraction of sp³-hybridized carbons (Fsp3) is 0.111. The minimum absolute atomic E-state index is 0.0123. The maximum absolute atomic E-state index is 13.6. The van der Waals surface area contributed by atoms with E-state index in [0.29, 0.717) is 11.1 Å². The molecule has 11 nitrogen and oxygen atoms in total. The van der Waals surface area contributed by atoms with E-state index in [1.165, 1.54) is 19.2 Å². The van der Waals surface area contributed by atoms with Crippen LogP contribution in [-0.4, -0.2) is 40.0 Å². The Balaban J connectivity index is 1.71. The standard InChI is InChI=1S/C27H18BrClN4O7/c1-14(27(35)38-2)39-24-16(10-18(29)12-21(24)33(36)37)13-30-32-25(31-20-6-4-3-5-19(20)26(32)34)23-11-15-9-17(28)7-8-22(15)40-23/h3-14H,1-2H3/t14-/m0/s1. The number of para-hydroxylation sites is 1. The fourth-order valence-corrected chi connectivity index (χ4v) is 4.58. The average Bonchev–Trinajstić information content (AvgIpc) is 3.35. The SMILES string of the molecule is COC(=O)[C@H](C)Oc1c(C=Nn2c(-c3cc4cc(Br)ccc4o3)nc3ccccc3c2=O)cc(Cl)cc1[N+](=O)[O-]. The third-order valence-corrected chi connectivity index (χ3v) is 6.56. The van der Waals surface area contributed by atoms with Crippen LogP contribution in [0.4, 0.5) is 5.69 Å². The minimum Gasteiger partial charge on any atom is -0.471 e. The molecule has 0 aliphatic rings. The van der Waals surface area contributed by atoms with Crippen molar-refractivity contribution in [3.63, 3.8) is 0 Å². The van der Waals surface area contributed by atoms with Gasteiger partial charge in [0.15, 0.2) is 11.9 Å². The van der Waals surface area contributed by atoms with Gasteiger partial charge in [0.2, 0.25) is 11.6 Å². The topological polar surface area (TPSA) is 139 Å². The Morgan fingerprint density at radius 3 is 2.75 bits per heavy atom. The number of benzene rings is 3. The molecule has 1 atom stereocenters. The van der Waals surface area contributed by atoms with Gasteiger partial charge in [0.05, 0.1) is 29.2 Å². The molecule has 0 spiro atoms. The van der Waals surface area contributed by atoms with E-state index < -0.39 is 28.2 Å². The number of hydrogen-bond acceptors (Lipinski definition) is 9. The quantitative estimate of drug-likeness (QED) is 0.0935. The number of fused-ring (bicyclic) bond motifs is 2. The van der Waals surface area contributed by atoms with Crippen LogP contribution in [0.5, 0.6) is 5.75 Å². The van der Waals surface area contributed by atoms with Crippen LogP contribution < -0.4 is 10.3 Å². The van der Waals surface area contributed by atoms with E-state index in [4.69, 9.17) is 20.8 Å². The number of aromatic nitrogens is 2. The zero-order valence-corrected chi connectivity index (χ0v) is 23.2. The van der Waals surface area contributed by atoms with Crippen molar-refractivity contribution in [3.8, 4) is 17.3 Å². The number of carbonyl (C=O) groups excluding carboxylic acids is 1. The summed E-state index contributed by atoms with van der Waals surface area (Å²) in [5.74, 6) is -0.677. The van der Waals surface area contributed by atoms with Crippen LogP contribution in [0.15, 0.2) is 79.4 Å². The van der Waals surface area contributed by atoms with Gasteiger partial charge >= 0.3 is 11.7 Å². The largest absolute Gasteiger partial charge is 0.471 e. The molecule has 5 aromatic rings. The van der Waals surface area contributed by atoms with Crippen molar-refractivity contribution in [1.82, 2.24) is 9.66 Å². The van der Waals surface area contributed by atoms with Crippen LogP contribution in [0.3, 0.4) is 0 Å². The van der Waals surface area contributed by atoms with Crippen LogP contribution >= 0.6 is 27.5 Å². The lowest BCUT2D eigenvalue weighted by Crippen LogP contribution is -2.26. The average molecular weight is 626 g/mol. The van der Waals surface area contributed by atoms with E-state index in [1.54, 1.807) is 36.4 Å². The van der Waals surface area contributed by atoms with E-state index >= 15 is 0 Å². The lowest BCUT2D eigenvalue weighted by atomic mass is 10.2. The lowest BCUT2D eigenvalue weighted by Gasteiger charge is -2.15. The Hall–Kier alpha value is -4.55. The Morgan fingerprint density at radius 1 is 1.23 bits per heavy atom. The summed E-state index contributed by atoms with van der Waals surface area (Å²) in [7, 11) is 1.16. The summed E-state index contributed by atoms with van der Waals surface area (Å²) in [5, 5.41) is 17.2. The maximum Gasteiger partial charge on any atom is 0.346 e. The van der Waals surface area contributed by atoms with Crippen molar-refractivity contribution in [2.75, 3.05) is 7.11 Å². The first kappa shape index (κ1) is 27.0. The van der Waals surface area contributed by atoms with Gasteiger partial charge in [-0.2, -0.15) is 9.78 Å². The van der Waals surface area contributed by atoms with Crippen molar-refractivity contribution in [2.45, 2.75) is 13.0 Å². The molecule has 5 rings (SSSR count). The van der Waals surface area contributed by atoms with E-state index in [1.807, 2.05) is 12.1 Å². The van der Waals surface area contributed by atoms with Crippen LogP contribution in [-0.2, 0) is 9.53 Å². The molecule has 0 saturated heterocycles. The number of hydrogen-bond donors (Lipinski definition) is 0. The molecule has 40 heavy (non-hydrogen) atoms. The van der Waals surface area contributed by atoms with Gasteiger partial charge in [-0.1, -0.05) is 39.7 Å². The number of halogens is 2. The normalized spacial score (nSPS) is 12.2. The molecule has 13 heteroatoms. The van der Waals surface area contributed by atoms with E-state index in [2.05, 4.69) is 30.8 Å². The summed E-state index contributed by atoms with van der Waals surface area (Å²) in [5.41, 5.74) is 0.00525. The van der Waals surface area contributed by atoms with E-state index in [9.17, 15) is 19.7 Å². The van der Waals surface area contributed by atoms with Gasteiger partial charge in [-0.3, -0.25) is 14.9 Å². The van der Waals surface area contributed by atoms with Gasteiger partial charge in [-0.25, -0.2) is 9.78 Å². The monoisotopic (exact) mass is 624 g/mol.